The van der Waals surface area contributed by atoms with Crippen molar-refractivity contribution in [2.24, 2.45) is 0 Å². The Labute approximate surface area is 186 Å². The van der Waals surface area contributed by atoms with Gasteiger partial charge in [0.25, 0.3) is 5.91 Å². The van der Waals surface area contributed by atoms with E-state index >= 15 is 0 Å². The molecule has 0 radical (unpaired) electrons. The molecule has 0 bridgehead atoms. The molecule has 1 aliphatic carbocycles. The third-order valence-electron chi connectivity index (χ3n) is 6.05. The second kappa shape index (κ2) is 8.30. The summed E-state index contributed by atoms with van der Waals surface area (Å²) in [6.45, 7) is 1.55. The van der Waals surface area contributed by atoms with E-state index in [1.165, 1.54) is 0 Å². The molecule has 0 unspecified atom stereocenters. The molecule has 160 valence electrons. The van der Waals surface area contributed by atoms with Crippen LogP contribution in [-0.4, -0.2) is 27.4 Å². The predicted octanol–water partition coefficient (Wildman–Crippen LogP) is 4.85. The molecule has 3 aromatic carbocycles. The standard InChI is InChI=1S/C26H24N4O2/c1-18(31)30(24-13-7-11-19-8-5-6-12-23(19)24)25-16-29(17-27-25)22-14-21(15-22)28-26(32)20-9-3-2-4-10-20/h2-13,16-17,21-22H,14-15H2,1H3,(H,28,32). The summed E-state index contributed by atoms with van der Waals surface area (Å²) in [5.41, 5.74) is 1.50. The van der Waals surface area contributed by atoms with E-state index in [4.69, 9.17) is 0 Å². The van der Waals surface area contributed by atoms with Crippen LogP contribution in [-0.2, 0) is 4.79 Å². The molecule has 6 heteroatoms. The maximum Gasteiger partial charge on any atom is 0.251 e. The Morgan fingerprint density at radius 2 is 1.69 bits per heavy atom. The lowest BCUT2D eigenvalue weighted by atomic mass is 9.86. The van der Waals surface area contributed by atoms with Crippen LogP contribution in [0.15, 0.2) is 85.3 Å². The highest BCUT2D eigenvalue weighted by Gasteiger charge is 2.32. The van der Waals surface area contributed by atoms with Gasteiger partial charge < -0.3 is 9.88 Å². The van der Waals surface area contributed by atoms with Crippen LogP contribution in [0, 0.1) is 0 Å². The summed E-state index contributed by atoms with van der Waals surface area (Å²) in [6, 6.07) is 23.6. The lowest BCUT2D eigenvalue weighted by Crippen LogP contribution is -2.44. The molecule has 1 fully saturated rings. The number of carbonyl (C=O) groups is 2. The molecule has 0 spiro atoms. The Morgan fingerprint density at radius 3 is 2.47 bits per heavy atom. The van der Waals surface area contributed by atoms with Crippen molar-refractivity contribution >= 4 is 34.1 Å². The zero-order chi connectivity index (χ0) is 22.1. The Bertz CT molecular complexity index is 1270. The van der Waals surface area contributed by atoms with Crippen LogP contribution in [0.3, 0.4) is 0 Å². The van der Waals surface area contributed by atoms with Crippen molar-refractivity contribution in [2.75, 3.05) is 4.90 Å². The highest BCUT2D eigenvalue weighted by molar-refractivity contribution is 6.06. The number of imidazole rings is 1. The minimum absolute atomic E-state index is 0.0425. The second-order valence-electron chi connectivity index (χ2n) is 8.19. The third kappa shape index (κ3) is 3.75. The molecule has 5 rings (SSSR count). The second-order valence-corrected chi connectivity index (χ2v) is 8.19. The number of nitrogens with zero attached hydrogens (tertiary/aromatic N) is 3. The molecule has 1 N–H and O–H groups in total. The summed E-state index contributed by atoms with van der Waals surface area (Å²) in [5, 5.41) is 5.17. The predicted molar refractivity (Wildman–Crippen MR) is 125 cm³/mol. The minimum Gasteiger partial charge on any atom is -0.349 e. The van der Waals surface area contributed by atoms with Crippen LogP contribution in [0.1, 0.15) is 36.2 Å². The summed E-state index contributed by atoms with van der Waals surface area (Å²) in [6.07, 6.45) is 5.37. The fourth-order valence-corrected chi connectivity index (χ4v) is 4.31. The first-order valence-corrected chi connectivity index (χ1v) is 10.8. The van der Waals surface area contributed by atoms with Crippen molar-refractivity contribution in [1.29, 1.82) is 0 Å². The SMILES string of the molecule is CC(=O)N(c1cn(C2CC(NC(=O)c3ccccc3)C2)cn1)c1cccc2ccccc12. The van der Waals surface area contributed by atoms with Crippen LogP contribution in [0.4, 0.5) is 11.5 Å². The zero-order valence-electron chi connectivity index (χ0n) is 17.8. The van der Waals surface area contributed by atoms with Gasteiger partial charge in [0.2, 0.25) is 5.91 Å². The number of anilines is 2. The van der Waals surface area contributed by atoms with Gasteiger partial charge in [0.05, 0.1) is 12.0 Å². The highest BCUT2D eigenvalue weighted by Crippen LogP contribution is 2.36. The van der Waals surface area contributed by atoms with E-state index in [-0.39, 0.29) is 23.9 Å². The lowest BCUT2D eigenvalue weighted by molar-refractivity contribution is -0.115. The van der Waals surface area contributed by atoms with E-state index in [1.54, 1.807) is 18.2 Å². The molecule has 4 aromatic rings. The molecule has 0 aliphatic heterocycles. The van der Waals surface area contributed by atoms with Crippen LogP contribution in [0.2, 0.25) is 0 Å². The van der Waals surface area contributed by atoms with Gasteiger partial charge in [-0.1, -0.05) is 54.6 Å². The molecule has 0 saturated heterocycles. The molecule has 1 saturated carbocycles. The van der Waals surface area contributed by atoms with Gasteiger partial charge in [-0.15, -0.1) is 0 Å². The van der Waals surface area contributed by atoms with Gasteiger partial charge in [0.15, 0.2) is 5.82 Å². The van der Waals surface area contributed by atoms with Gasteiger partial charge in [0, 0.05) is 36.2 Å². The molecule has 6 nitrogen and oxygen atoms in total. The number of rotatable bonds is 5. The summed E-state index contributed by atoms with van der Waals surface area (Å²) in [7, 11) is 0. The Balaban J connectivity index is 1.31. The number of hydrogen-bond donors (Lipinski definition) is 1. The minimum atomic E-state index is -0.0896. The number of fused-ring (bicyclic) bond motifs is 1. The average molecular weight is 425 g/mol. The molecule has 1 aliphatic rings. The van der Waals surface area contributed by atoms with Gasteiger partial charge in [-0.2, -0.15) is 0 Å². The molecular formula is C26H24N4O2. The smallest absolute Gasteiger partial charge is 0.251 e. The molecule has 0 atom stereocenters. The van der Waals surface area contributed by atoms with E-state index in [9.17, 15) is 9.59 Å². The molecule has 1 aromatic heterocycles. The van der Waals surface area contributed by atoms with E-state index in [0.717, 1.165) is 29.3 Å². The Kier molecular flexibility index (Phi) is 5.19. The topological polar surface area (TPSA) is 67.2 Å². The largest absolute Gasteiger partial charge is 0.349 e. The quantitative estimate of drug-likeness (QED) is 0.498. The van der Waals surface area contributed by atoms with E-state index in [2.05, 4.69) is 10.3 Å². The normalized spacial score (nSPS) is 17.5. The highest BCUT2D eigenvalue weighted by atomic mass is 16.2. The van der Waals surface area contributed by atoms with Crippen molar-refractivity contribution in [3.05, 3.63) is 90.9 Å². The van der Waals surface area contributed by atoms with Gasteiger partial charge >= 0.3 is 0 Å². The summed E-state index contributed by atoms with van der Waals surface area (Å²) < 4.78 is 2.04. The lowest BCUT2D eigenvalue weighted by Gasteiger charge is -2.36. The van der Waals surface area contributed by atoms with Gasteiger partial charge in [-0.05, 0) is 36.4 Å². The van der Waals surface area contributed by atoms with Crippen molar-refractivity contribution in [1.82, 2.24) is 14.9 Å². The Hall–Kier alpha value is -3.93. The first-order valence-electron chi connectivity index (χ1n) is 10.8. The van der Waals surface area contributed by atoms with Gasteiger partial charge in [-0.3, -0.25) is 14.5 Å². The van der Waals surface area contributed by atoms with Gasteiger partial charge in [-0.25, -0.2) is 4.98 Å². The summed E-state index contributed by atoms with van der Waals surface area (Å²) in [4.78, 5) is 31.1. The van der Waals surface area contributed by atoms with Crippen molar-refractivity contribution < 1.29 is 9.59 Å². The first-order chi connectivity index (χ1) is 15.6. The van der Waals surface area contributed by atoms with E-state index < -0.39 is 0 Å². The average Bonchev–Trinajstić information content (AvgIpc) is 3.25. The van der Waals surface area contributed by atoms with E-state index in [0.29, 0.717) is 11.4 Å². The van der Waals surface area contributed by atoms with Gasteiger partial charge in [0.1, 0.15) is 0 Å². The maximum atomic E-state index is 12.6. The van der Waals surface area contributed by atoms with Crippen LogP contribution < -0.4 is 10.2 Å². The molecule has 32 heavy (non-hydrogen) atoms. The van der Waals surface area contributed by atoms with Crippen molar-refractivity contribution in [2.45, 2.75) is 31.8 Å². The maximum absolute atomic E-state index is 12.6. The number of amides is 2. The number of hydrogen-bond acceptors (Lipinski definition) is 3. The van der Waals surface area contributed by atoms with Crippen molar-refractivity contribution in [3.63, 3.8) is 0 Å². The Morgan fingerprint density at radius 1 is 0.969 bits per heavy atom. The molecular weight excluding hydrogens is 400 g/mol. The number of benzene rings is 3. The zero-order valence-corrected chi connectivity index (χ0v) is 17.8. The first kappa shape index (κ1) is 20.0. The fraction of sp³-hybridized carbons (Fsp3) is 0.192. The summed E-state index contributed by atoms with van der Waals surface area (Å²) in [5.74, 6) is 0.470. The van der Waals surface area contributed by atoms with Crippen LogP contribution >= 0.6 is 0 Å². The third-order valence-corrected chi connectivity index (χ3v) is 6.05. The fourth-order valence-electron chi connectivity index (χ4n) is 4.31. The number of aromatic nitrogens is 2. The molecule has 2 amide bonds. The van der Waals surface area contributed by atoms with Crippen LogP contribution in [0.25, 0.3) is 10.8 Å². The monoisotopic (exact) mass is 424 g/mol. The number of carbonyl (C=O) groups excluding carboxylic acids is 2. The summed E-state index contributed by atoms with van der Waals surface area (Å²) >= 11 is 0. The van der Waals surface area contributed by atoms with E-state index in [1.807, 2.05) is 83.6 Å². The van der Waals surface area contributed by atoms with Crippen LogP contribution in [0.5, 0.6) is 0 Å². The van der Waals surface area contributed by atoms with Crippen molar-refractivity contribution in [3.8, 4) is 0 Å². The molecule has 1 heterocycles. The number of nitrogens with one attached hydrogen (secondary N) is 1.